The van der Waals surface area contributed by atoms with Crippen LogP contribution in [0.1, 0.15) is 37.3 Å². The van der Waals surface area contributed by atoms with E-state index >= 15 is 0 Å². The monoisotopic (exact) mass is 258 g/mol. The maximum atomic E-state index is 3.81. The molecule has 19 heavy (non-hydrogen) atoms. The van der Waals surface area contributed by atoms with Crippen LogP contribution in [0.15, 0.2) is 24.3 Å². The Morgan fingerprint density at radius 1 is 1.11 bits per heavy atom. The van der Waals surface area contributed by atoms with Gasteiger partial charge in [0.15, 0.2) is 0 Å². The molecule has 1 N–H and O–H groups in total. The molecule has 2 unspecified atom stereocenters. The molecule has 1 saturated carbocycles. The summed E-state index contributed by atoms with van der Waals surface area (Å²) in [7, 11) is 0. The van der Waals surface area contributed by atoms with E-state index < -0.39 is 0 Å². The highest BCUT2D eigenvalue weighted by Crippen LogP contribution is 2.24. The number of hydrogen-bond donors (Lipinski definition) is 1. The van der Waals surface area contributed by atoms with Gasteiger partial charge in [0.25, 0.3) is 0 Å². The number of piperidine rings is 1. The molecule has 2 heteroatoms. The van der Waals surface area contributed by atoms with Crippen LogP contribution >= 0.6 is 0 Å². The average Bonchev–Trinajstić information content (AvgIpc) is 3.15. The van der Waals surface area contributed by atoms with Gasteiger partial charge in [-0.15, -0.1) is 0 Å². The number of nitrogens with zero attached hydrogens (tertiary/aromatic N) is 1. The van der Waals surface area contributed by atoms with Crippen molar-refractivity contribution in [1.82, 2.24) is 10.2 Å². The molecule has 1 saturated heterocycles. The third-order valence-corrected chi connectivity index (χ3v) is 4.31. The van der Waals surface area contributed by atoms with E-state index in [1.54, 1.807) is 0 Å². The lowest BCUT2D eigenvalue weighted by molar-refractivity contribution is 0.141. The van der Waals surface area contributed by atoms with Gasteiger partial charge >= 0.3 is 0 Å². The highest BCUT2D eigenvalue weighted by molar-refractivity contribution is 5.21. The third-order valence-electron chi connectivity index (χ3n) is 4.31. The summed E-state index contributed by atoms with van der Waals surface area (Å²) in [5.74, 6) is 0.815. The molecule has 2 aliphatic rings. The predicted octanol–water partition coefficient (Wildman–Crippen LogP) is 2.96. The van der Waals surface area contributed by atoms with Gasteiger partial charge in [0.2, 0.25) is 0 Å². The second-order valence-electron chi connectivity index (χ2n) is 6.66. The molecular formula is C17H26N2. The fourth-order valence-corrected chi connectivity index (χ4v) is 3.25. The molecule has 2 nitrogen and oxygen atoms in total. The van der Waals surface area contributed by atoms with Crippen molar-refractivity contribution in [2.24, 2.45) is 5.92 Å². The second kappa shape index (κ2) is 5.64. The summed E-state index contributed by atoms with van der Waals surface area (Å²) in [6.07, 6.45) is 4.13. The van der Waals surface area contributed by atoms with E-state index in [1.807, 2.05) is 0 Å². The van der Waals surface area contributed by atoms with Crippen molar-refractivity contribution < 1.29 is 0 Å². The summed E-state index contributed by atoms with van der Waals surface area (Å²) in [6, 6.07) is 10.5. The normalized spacial score (nSPS) is 28.5. The van der Waals surface area contributed by atoms with Gasteiger partial charge in [-0.3, -0.25) is 4.90 Å². The standard InChI is InChI=1S/C17H26N2/c1-13-3-5-15(6-4-13)11-19-10-14(2)9-17(12-19)18-16-7-8-16/h3-6,14,16-18H,7-12H2,1-2H3. The molecule has 3 rings (SSSR count). The van der Waals surface area contributed by atoms with Crippen LogP contribution in [0.2, 0.25) is 0 Å². The lowest BCUT2D eigenvalue weighted by Crippen LogP contribution is -2.48. The van der Waals surface area contributed by atoms with Crippen molar-refractivity contribution in [2.75, 3.05) is 13.1 Å². The van der Waals surface area contributed by atoms with Crippen LogP contribution in [-0.2, 0) is 6.54 Å². The molecule has 1 heterocycles. The smallest absolute Gasteiger partial charge is 0.0234 e. The first-order valence-corrected chi connectivity index (χ1v) is 7.73. The minimum absolute atomic E-state index is 0.710. The van der Waals surface area contributed by atoms with E-state index in [0.29, 0.717) is 6.04 Å². The third kappa shape index (κ3) is 3.80. The Morgan fingerprint density at radius 2 is 1.84 bits per heavy atom. The summed E-state index contributed by atoms with van der Waals surface area (Å²) in [5.41, 5.74) is 2.80. The highest BCUT2D eigenvalue weighted by atomic mass is 15.2. The van der Waals surface area contributed by atoms with Crippen molar-refractivity contribution in [3.63, 3.8) is 0 Å². The van der Waals surface area contributed by atoms with E-state index in [2.05, 4.69) is 48.3 Å². The summed E-state index contributed by atoms with van der Waals surface area (Å²) in [4.78, 5) is 2.62. The van der Waals surface area contributed by atoms with Crippen molar-refractivity contribution in [1.29, 1.82) is 0 Å². The van der Waals surface area contributed by atoms with Gasteiger partial charge in [0.05, 0.1) is 0 Å². The van der Waals surface area contributed by atoms with E-state index in [4.69, 9.17) is 0 Å². The molecule has 104 valence electrons. The molecule has 0 bridgehead atoms. The number of benzene rings is 1. The SMILES string of the molecule is Cc1ccc(CN2CC(C)CC(NC3CC3)C2)cc1. The Hall–Kier alpha value is -0.860. The van der Waals surface area contributed by atoms with Gasteiger partial charge in [0, 0.05) is 31.7 Å². The van der Waals surface area contributed by atoms with Gasteiger partial charge in [-0.2, -0.15) is 0 Å². The van der Waals surface area contributed by atoms with Crippen molar-refractivity contribution in [3.05, 3.63) is 35.4 Å². The van der Waals surface area contributed by atoms with Crippen LogP contribution in [0.4, 0.5) is 0 Å². The van der Waals surface area contributed by atoms with Crippen LogP contribution in [0.25, 0.3) is 0 Å². The van der Waals surface area contributed by atoms with E-state index in [1.165, 1.54) is 43.5 Å². The Labute approximate surface area is 117 Å². The van der Waals surface area contributed by atoms with Crippen LogP contribution in [0.3, 0.4) is 0 Å². The molecule has 0 aromatic heterocycles. The van der Waals surface area contributed by atoms with Crippen LogP contribution in [-0.4, -0.2) is 30.1 Å². The lowest BCUT2D eigenvalue weighted by atomic mass is 9.95. The van der Waals surface area contributed by atoms with Crippen LogP contribution in [0.5, 0.6) is 0 Å². The van der Waals surface area contributed by atoms with Gasteiger partial charge < -0.3 is 5.32 Å². The second-order valence-corrected chi connectivity index (χ2v) is 6.66. The lowest BCUT2D eigenvalue weighted by Gasteiger charge is -2.37. The Bertz CT molecular complexity index is 406. The summed E-state index contributed by atoms with van der Waals surface area (Å²) in [5, 5.41) is 3.81. The molecule has 2 fully saturated rings. The van der Waals surface area contributed by atoms with Gasteiger partial charge in [-0.1, -0.05) is 36.8 Å². The summed E-state index contributed by atoms with van der Waals surface area (Å²) < 4.78 is 0. The predicted molar refractivity (Wildman–Crippen MR) is 80.2 cm³/mol. The first-order valence-electron chi connectivity index (χ1n) is 7.73. The number of hydrogen-bond acceptors (Lipinski definition) is 2. The number of likely N-dealkylation sites (tertiary alicyclic amines) is 1. The fourth-order valence-electron chi connectivity index (χ4n) is 3.25. The Kier molecular flexibility index (Phi) is 3.90. The zero-order valence-electron chi connectivity index (χ0n) is 12.2. The van der Waals surface area contributed by atoms with Crippen LogP contribution < -0.4 is 5.32 Å². The summed E-state index contributed by atoms with van der Waals surface area (Å²) in [6.45, 7) is 8.12. The zero-order chi connectivity index (χ0) is 13.2. The maximum Gasteiger partial charge on any atom is 0.0234 e. The Balaban J connectivity index is 1.57. The maximum absolute atomic E-state index is 3.81. The minimum Gasteiger partial charge on any atom is -0.310 e. The van der Waals surface area contributed by atoms with Crippen molar-refractivity contribution in [3.8, 4) is 0 Å². The van der Waals surface area contributed by atoms with E-state index in [9.17, 15) is 0 Å². The molecule has 0 spiro atoms. The Morgan fingerprint density at radius 3 is 2.53 bits per heavy atom. The molecule has 1 aliphatic carbocycles. The molecule has 1 aliphatic heterocycles. The van der Waals surface area contributed by atoms with Gasteiger partial charge in [-0.05, 0) is 37.7 Å². The molecule has 1 aromatic rings. The fraction of sp³-hybridized carbons (Fsp3) is 0.647. The molecule has 0 radical (unpaired) electrons. The molecule has 2 atom stereocenters. The van der Waals surface area contributed by atoms with E-state index in [-0.39, 0.29) is 0 Å². The first kappa shape index (κ1) is 13.1. The first-order chi connectivity index (χ1) is 9.19. The number of nitrogens with one attached hydrogen (secondary N) is 1. The van der Waals surface area contributed by atoms with Gasteiger partial charge in [0.1, 0.15) is 0 Å². The summed E-state index contributed by atoms with van der Waals surface area (Å²) >= 11 is 0. The minimum atomic E-state index is 0.710. The highest BCUT2D eigenvalue weighted by Gasteiger charge is 2.29. The van der Waals surface area contributed by atoms with Crippen molar-refractivity contribution >= 4 is 0 Å². The topological polar surface area (TPSA) is 15.3 Å². The quantitative estimate of drug-likeness (QED) is 0.893. The molecule has 1 aromatic carbocycles. The average molecular weight is 258 g/mol. The largest absolute Gasteiger partial charge is 0.310 e. The van der Waals surface area contributed by atoms with Gasteiger partial charge in [-0.25, -0.2) is 0 Å². The number of aryl methyl sites for hydroxylation is 1. The molecule has 0 amide bonds. The molecular weight excluding hydrogens is 232 g/mol. The van der Waals surface area contributed by atoms with E-state index in [0.717, 1.165) is 18.5 Å². The van der Waals surface area contributed by atoms with Crippen LogP contribution in [0, 0.1) is 12.8 Å². The van der Waals surface area contributed by atoms with Crippen molar-refractivity contribution in [2.45, 2.75) is 51.7 Å². The zero-order valence-corrected chi connectivity index (χ0v) is 12.2. The number of rotatable bonds is 4.